The van der Waals surface area contributed by atoms with Gasteiger partial charge in [0.25, 0.3) is 0 Å². The molecule has 0 aliphatic heterocycles. The van der Waals surface area contributed by atoms with Crippen LogP contribution >= 0.6 is 0 Å². The van der Waals surface area contributed by atoms with Gasteiger partial charge in [0.1, 0.15) is 0 Å². The first-order chi connectivity index (χ1) is 10.8. The van der Waals surface area contributed by atoms with Crippen LogP contribution in [-0.4, -0.2) is 13.4 Å². The molecule has 0 atom stereocenters. The summed E-state index contributed by atoms with van der Waals surface area (Å²) < 4.78 is 0. The molecule has 3 aromatic rings. The van der Waals surface area contributed by atoms with Crippen LogP contribution in [-0.2, 0) is 0 Å². The van der Waals surface area contributed by atoms with E-state index in [0.29, 0.717) is 0 Å². The smallest absolute Gasteiger partial charge is 0.0622 e. The molecule has 0 aromatic heterocycles. The highest BCUT2D eigenvalue weighted by molar-refractivity contribution is 5.72. The molecule has 22 heavy (non-hydrogen) atoms. The number of rotatable bonds is 4. The van der Waals surface area contributed by atoms with Crippen molar-refractivity contribution >= 4 is 24.8 Å². The second-order valence-electron chi connectivity index (χ2n) is 4.99. The first-order valence-electron chi connectivity index (χ1n) is 7.04. The molecule has 0 unspecified atom stereocenters. The Labute approximate surface area is 130 Å². The van der Waals surface area contributed by atoms with Crippen LogP contribution in [0.4, 0.5) is 11.4 Å². The molecule has 0 saturated heterocycles. The summed E-state index contributed by atoms with van der Waals surface area (Å²) in [7, 11) is 0. The van der Waals surface area contributed by atoms with Gasteiger partial charge in [0.15, 0.2) is 0 Å². The summed E-state index contributed by atoms with van der Waals surface area (Å²) in [6, 6.07) is 24.6. The zero-order chi connectivity index (χ0) is 15.4. The van der Waals surface area contributed by atoms with Gasteiger partial charge in [0.05, 0.1) is 11.4 Å². The molecule has 0 N–H and O–H groups in total. The number of nitrogens with zero attached hydrogens (tertiary/aromatic N) is 2. The van der Waals surface area contributed by atoms with E-state index in [1.165, 1.54) is 22.3 Å². The van der Waals surface area contributed by atoms with Crippen molar-refractivity contribution in [2.45, 2.75) is 0 Å². The molecule has 2 nitrogen and oxygen atoms in total. The van der Waals surface area contributed by atoms with Gasteiger partial charge in [-0.25, -0.2) is 0 Å². The van der Waals surface area contributed by atoms with Crippen molar-refractivity contribution in [1.29, 1.82) is 0 Å². The van der Waals surface area contributed by atoms with Crippen molar-refractivity contribution < 1.29 is 0 Å². The Hall–Kier alpha value is -3.00. The fraction of sp³-hybridized carbons (Fsp3) is 0. The zero-order valence-corrected chi connectivity index (χ0v) is 12.2. The van der Waals surface area contributed by atoms with E-state index in [-0.39, 0.29) is 0 Å². The van der Waals surface area contributed by atoms with Crippen molar-refractivity contribution in [3.63, 3.8) is 0 Å². The summed E-state index contributed by atoms with van der Waals surface area (Å²) in [4.78, 5) is 7.82. The average molecular weight is 284 g/mol. The Morgan fingerprint density at radius 3 is 0.864 bits per heavy atom. The maximum absolute atomic E-state index is 3.91. The number of hydrogen-bond acceptors (Lipinski definition) is 2. The zero-order valence-electron chi connectivity index (χ0n) is 12.2. The fourth-order valence-corrected chi connectivity index (χ4v) is 2.37. The van der Waals surface area contributed by atoms with Crippen LogP contribution in [0, 0.1) is 0 Å². The molecule has 3 rings (SSSR count). The van der Waals surface area contributed by atoms with Gasteiger partial charge in [0.2, 0.25) is 0 Å². The van der Waals surface area contributed by atoms with E-state index in [9.17, 15) is 0 Å². The molecular weight excluding hydrogens is 268 g/mol. The van der Waals surface area contributed by atoms with Crippen LogP contribution in [0.2, 0.25) is 0 Å². The molecule has 0 spiro atoms. The minimum atomic E-state index is 0.885. The minimum absolute atomic E-state index is 0.885. The van der Waals surface area contributed by atoms with Crippen molar-refractivity contribution in [1.82, 2.24) is 0 Å². The highest BCUT2D eigenvalue weighted by Gasteiger charge is 2.01. The molecule has 3 aromatic carbocycles. The van der Waals surface area contributed by atoms with Crippen molar-refractivity contribution in [2.75, 3.05) is 0 Å². The van der Waals surface area contributed by atoms with E-state index in [4.69, 9.17) is 0 Å². The van der Waals surface area contributed by atoms with Crippen LogP contribution < -0.4 is 0 Å². The summed E-state index contributed by atoms with van der Waals surface area (Å²) in [5.74, 6) is 0. The molecule has 0 amide bonds. The van der Waals surface area contributed by atoms with Gasteiger partial charge < -0.3 is 0 Å². The Morgan fingerprint density at radius 2 is 0.636 bits per heavy atom. The topological polar surface area (TPSA) is 24.7 Å². The largest absolute Gasteiger partial charge is 0.265 e. The lowest BCUT2D eigenvalue weighted by atomic mass is 10.00. The van der Waals surface area contributed by atoms with Crippen molar-refractivity contribution in [3.05, 3.63) is 72.8 Å². The molecule has 2 heteroatoms. The van der Waals surface area contributed by atoms with Gasteiger partial charge in [-0.15, -0.1) is 0 Å². The van der Waals surface area contributed by atoms with Crippen molar-refractivity contribution in [2.24, 2.45) is 9.98 Å². The third-order valence-corrected chi connectivity index (χ3v) is 3.65. The second kappa shape index (κ2) is 6.19. The predicted molar refractivity (Wildman–Crippen MR) is 95.7 cm³/mol. The molecule has 106 valence electrons. The van der Waals surface area contributed by atoms with Crippen LogP contribution in [0.1, 0.15) is 0 Å². The van der Waals surface area contributed by atoms with Gasteiger partial charge >= 0.3 is 0 Å². The first kappa shape index (κ1) is 14.0. The lowest BCUT2D eigenvalue weighted by molar-refractivity contribution is 1.52. The third-order valence-electron chi connectivity index (χ3n) is 3.65. The van der Waals surface area contributed by atoms with Gasteiger partial charge in [-0.2, -0.15) is 0 Å². The SMILES string of the molecule is C=Nc1ccc(-c2ccc(-c3ccc(N=C)cc3)cc2)cc1. The van der Waals surface area contributed by atoms with Gasteiger partial charge in [-0.05, 0) is 60.0 Å². The molecule has 0 saturated carbocycles. The standard InChI is InChI=1S/C20H16N2/c1-21-19-11-7-17(8-12-19)15-3-5-16(6-4-15)18-9-13-20(22-2)14-10-18/h3-14H,1-2H2. The number of hydrogen-bond donors (Lipinski definition) is 0. The monoisotopic (exact) mass is 284 g/mol. The van der Waals surface area contributed by atoms with E-state index in [1.54, 1.807) is 0 Å². The van der Waals surface area contributed by atoms with Gasteiger partial charge in [-0.1, -0.05) is 48.5 Å². The quantitative estimate of drug-likeness (QED) is 0.550. The highest BCUT2D eigenvalue weighted by atomic mass is 14.7. The summed E-state index contributed by atoms with van der Waals surface area (Å²) in [5, 5.41) is 0. The minimum Gasteiger partial charge on any atom is -0.265 e. The molecule has 0 radical (unpaired) electrons. The molecular formula is C20H16N2. The highest BCUT2D eigenvalue weighted by Crippen LogP contribution is 2.27. The molecule has 0 aliphatic carbocycles. The predicted octanol–water partition coefficient (Wildman–Crippen LogP) is 5.68. The van der Waals surface area contributed by atoms with Crippen LogP contribution in [0.3, 0.4) is 0 Å². The van der Waals surface area contributed by atoms with E-state index in [2.05, 4.69) is 72.0 Å². The Bertz CT molecular complexity index is 712. The Kier molecular flexibility index (Phi) is 3.92. The molecule has 0 fully saturated rings. The van der Waals surface area contributed by atoms with Gasteiger partial charge in [0, 0.05) is 0 Å². The molecule has 0 bridgehead atoms. The lowest BCUT2D eigenvalue weighted by Crippen LogP contribution is -1.80. The average Bonchev–Trinajstić information content (AvgIpc) is 2.62. The summed E-state index contributed by atoms with van der Waals surface area (Å²) in [6.45, 7) is 7.06. The van der Waals surface area contributed by atoms with Crippen LogP contribution in [0.5, 0.6) is 0 Å². The van der Waals surface area contributed by atoms with Crippen LogP contribution in [0.15, 0.2) is 82.8 Å². The molecule has 0 heterocycles. The van der Waals surface area contributed by atoms with E-state index in [0.717, 1.165) is 11.4 Å². The number of benzene rings is 3. The van der Waals surface area contributed by atoms with E-state index < -0.39 is 0 Å². The maximum Gasteiger partial charge on any atom is 0.0622 e. The summed E-state index contributed by atoms with van der Waals surface area (Å²) in [5.41, 5.74) is 6.48. The second-order valence-corrected chi connectivity index (χ2v) is 4.99. The van der Waals surface area contributed by atoms with Crippen molar-refractivity contribution in [3.8, 4) is 22.3 Å². The Balaban J connectivity index is 1.87. The first-order valence-corrected chi connectivity index (χ1v) is 7.04. The van der Waals surface area contributed by atoms with Gasteiger partial charge in [-0.3, -0.25) is 9.98 Å². The maximum atomic E-state index is 3.91. The Morgan fingerprint density at radius 1 is 0.409 bits per heavy atom. The summed E-state index contributed by atoms with van der Waals surface area (Å²) >= 11 is 0. The van der Waals surface area contributed by atoms with Crippen LogP contribution in [0.25, 0.3) is 22.3 Å². The normalized spacial score (nSPS) is 10.2. The van der Waals surface area contributed by atoms with E-state index in [1.807, 2.05) is 24.3 Å². The van der Waals surface area contributed by atoms with E-state index >= 15 is 0 Å². The fourth-order valence-electron chi connectivity index (χ4n) is 2.37. The third kappa shape index (κ3) is 2.86. The summed E-state index contributed by atoms with van der Waals surface area (Å²) in [6.07, 6.45) is 0. The lowest BCUT2D eigenvalue weighted by Gasteiger charge is -2.06. The number of aliphatic imine (C=N–C) groups is 2. The molecule has 0 aliphatic rings.